The lowest BCUT2D eigenvalue weighted by Gasteiger charge is -2.22. The smallest absolute Gasteiger partial charge is 0.224 e. The second-order valence-corrected chi connectivity index (χ2v) is 4.81. The Bertz CT molecular complexity index is 363. The molecule has 0 aliphatic heterocycles. The van der Waals surface area contributed by atoms with Crippen molar-refractivity contribution >= 4 is 5.91 Å². The normalized spacial score (nSPS) is 13.4. The molecule has 0 aromatic heterocycles. The molecule has 0 fully saturated rings. The van der Waals surface area contributed by atoms with Crippen LogP contribution in [0.15, 0.2) is 30.3 Å². The molecule has 17 heavy (non-hydrogen) atoms. The number of carbonyl (C=O) groups excluding carboxylic acids is 1. The van der Waals surface area contributed by atoms with Crippen LogP contribution >= 0.6 is 0 Å². The van der Waals surface area contributed by atoms with Crippen LogP contribution in [0.25, 0.3) is 0 Å². The summed E-state index contributed by atoms with van der Waals surface area (Å²) in [5.41, 5.74) is 5.51. The van der Waals surface area contributed by atoms with E-state index in [1.165, 1.54) is 0 Å². The molecule has 1 aromatic carbocycles. The summed E-state index contributed by atoms with van der Waals surface area (Å²) >= 11 is 0. The van der Waals surface area contributed by atoms with Crippen molar-refractivity contribution in [3.8, 4) is 0 Å². The minimum absolute atomic E-state index is 0.348. The van der Waals surface area contributed by atoms with Gasteiger partial charge < -0.3 is 16.2 Å². The van der Waals surface area contributed by atoms with Crippen LogP contribution in [0.1, 0.15) is 25.5 Å². The molecule has 0 saturated heterocycles. The molecule has 0 aliphatic carbocycles. The van der Waals surface area contributed by atoms with Crippen LogP contribution in [0.4, 0.5) is 0 Å². The van der Waals surface area contributed by atoms with Gasteiger partial charge in [0, 0.05) is 13.1 Å². The summed E-state index contributed by atoms with van der Waals surface area (Å²) in [5, 5.41) is 12.9. The quantitative estimate of drug-likeness (QED) is 0.684. The zero-order valence-electron chi connectivity index (χ0n) is 10.3. The molecule has 94 valence electrons. The van der Waals surface area contributed by atoms with Crippen molar-refractivity contribution in [3.05, 3.63) is 35.9 Å². The number of nitrogens with one attached hydrogen (secondary N) is 1. The highest BCUT2D eigenvalue weighted by molar-refractivity contribution is 5.80. The number of nitrogens with two attached hydrogens (primary N) is 1. The first-order valence-electron chi connectivity index (χ1n) is 5.67. The van der Waals surface area contributed by atoms with Gasteiger partial charge >= 0.3 is 0 Å². The molecule has 0 aliphatic rings. The minimum atomic E-state index is -0.601. The van der Waals surface area contributed by atoms with Crippen molar-refractivity contribution in [2.24, 2.45) is 11.1 Å². The van der Waals surface area contributed by atoms with Gasteiger partial charge in [-0.05, 0) is 19.4 Å². The molecule has 0 spiro atoms. The van der Waals surface area contributed by atoms with Crippen LogP contribution < -0.4 is 11.1 Å². The molecule has 4 heteroatoms. The highest BCUT2D eigenvalue weighted by Crippen LogP contribution is 2.14. The highest BCUT2D eigenvalue weighted by atomic mass is 16.3. The summed E-state index contributed by atoms with van der Waals surface area (Å²) < 4.78 is 0. The van der Waals surface area contributed by atoms with Gasteiger partial charge in [0.15, 0.2) is 0 Å². The molecule has 1 amide bonds. The molecular weight excluding hydrogens is 216 g/mol. The summed E-state index contributed by atoms with van der Waals surface area (Å²) in [5.74, 6) is -0.348. The van der Waals surface area contributed by atoms with Gasteiger partial charge in [0.25, 0.3) is 0 Å². The van der Waals surface area contributed by atoms with E-state index in [4.69, 9.17) is 5.73 Å². The molecule has 1 rings (SSSR count). The van der Waals surface area contributed by atoms with Gasteiger partial charge in [-0.1, -0.05) is 30.3 Å². The van der Waals surface area contributed by atoms with E-state index < -0.39 is 11.5 Å². The number of carbonyl (C=O) groups is 1. The fraction of sp³-hybridized carbons (Fsp3) is 0.462. The summed E-state index contributed by atoms with van der Waals surface area (Å²) in [6, 6.07) is 9.40. The third kappa shape index (κ3) is 4.17. The predicted molar refractivity (Wildman–Crippen MR) is 67.2 cm³/mol. The Labute approximate surface area is 102 Å². The van der Waals surface area contributed by atoms with E-state index in [1.807, 2.05) is 30.3 Å². The first-order chi connectivity index (χ1) is 7.93. The van der Waals surface area contributed by atoms with E-state index in [0.717, 1.165) is 5.56 Å². The van der Waals surface area contributed by atoms with Crippen molar-refractivity contribution in [2.45, 2.75) is 20.0 Å². The Morgan fingerprint density at radius 1 is 1.41 bits per heavy atom. The van der Waals surface area contributed by atoms with Gasteiger partial charge in [-0.15, -0.1) is 0 Å². The van der Waals surface area contributed by atoms with Crippen molar-refractivity contribution in [1.29, 1.82) is 0 Å². The van der Waals surface area contributed by atoms with Crippen LogP contribution in [0.3, 0.4) is 0 Å². The van der Waals surface area contributed by atoms with Gasteiger partial charge in [0.05, 0.1) is 11.5 Å². The van der Waals surface area contributed by atoms with Gasteiger partial charge in [0.1, 0.15) is 0 Å². The number of primary amides is 1. The van der Waals surface area contributed by atoms with Gasteiger partial charge in [0.2, 0.25) is 5.91 Å². The number of amides is 1. The lowest BCUT2D eigenvalue weighted by atomic mass is 9.92. The third-order valence-electron chi connectivity index (χ3n) is 2.76. The van der Waals surface area contributed by atoms with Crippen LogP contribution in [0.5, 0.6) is 0 Å². The van der Waals surface area contributed by atoms with Crippen molar-refractivity contribution < 1.29 is 9.90 Å². The summed E-state index contributed by atoms with van der Waals surface area (Å²) in [7, 11) is 0. The summed E-state index contributed by atoms with van der Waals surface area (Å²) in [6.45, 7) is 4.40. The summed E-state index contributed by atoms with van der Waals surface area (Å²) in [6.07, 6.45) is -0.570. The first-order valence-corrected chi connectivity index (χ1v) is 5.67. The Morgan fingerprint density at radius 3 is 2.53 bits per heavy atom. The van der Waals surface area contributed by atoms with E-state index in [1.54, 1.807) is 13.8 Å². The van der Waals surface area contributed by atoms with E-state index in [0.29, 0.717) is 13.1 Å². The molecule has 4 N–H and O–H groups in total. The third-order valence-corrected chi connectivity index (χ3v) is 2.76. The Morgan fingerprint density at radius 2 is 2.00 bits per heavy atom. The maximum atomic E-state index is 11.1. The van der Waals surface area contributed by atoms with Crippen LogP contribution in [0, 0.1) is 5.41 Å². The fourth-order valence-corrected chi connectivity index (χ4v) is 1.40. The topological polar surface area (TPSA) is 75.3 Å². The van der Waals surface area contributed by atoms with Crippen molar-refractivity contribution in [3.63, 3.8) is 0 Å². The molecule has 1 aromatic rings. The largest absolute Gasteiger partial charge is 0.387 e. The lowest BCUT2D eigenvalue weighted by Crippen LogP contribution is -2.41. The molecule has 0 bridgehead atoms. The minimum Gasteiger partial charge on any atom is -0.387 e. The van der Waals surface area contributed by atoms with E-state index in [9.17, 15) is 9.90 Å². The molecular formula is C13H20N2O2. The Hall–Kier alpha value is -1.39. The standard InChI is InChI=1S/C13H20N2O2/c1-13(2,12(14)17)9-15-8-11(16)10-6-4-3-5-7-10/h3-7,11,15-16H,8-9H2,1-2H3,(H2,14,17). The maximum absolute atomic E-state index is 11.1. The van der Waals surface area contributed by atoms with Crippen LogP contribution in [-0.4, -0.2) is 24.1 Å². The molecule has 0 saturated carbocycles. The SMILES string of the molecule is CC(C)(CNCC(O)c1ccccc1)C(N)=O. The van der Waals surface area contributed by atoms with Crippen LogP contribution in [0.2, 0.25) is 0 Å². The van der Waals surface area contributed by atoms with Crippen molar-refractivity contribution in [2.75, 3.05) is 13.1 Å². The second kappa shape index (κ2) is 5.80. The van der Waals surface area contributed by atoms with E-state index in [-0.39, 0.29) is 5.91 Å². The highest BCUT2D eigenvalue weighted by Gasteiger charge is 2.24. The van der Waals surface area contributed by atoms with Crippen LogP contribution in [-0.2, 0) is 4.79 Å². The fourth-order valence-electron chi connectivity index (χ4n) is 1.40. The molecule has 0 heterocycles. The second-order valence-electron chi connectivity index (χ2n) is 4.81. The van der Waals surface area contributed by atoms with Gasteiger partial charge in [-0.3, -0.25) is 4.79 Å². The molecule has 1 atom stereocenters. The van der Waals surface area contributed by atoms with E-state index in [2.05, 4.69) is 5.32 Å². The zero-order valence-corrected chi connectivity index (χ0v) is 10.3. The number of rotatable bonds is 6. The molecule has 4 nitrogen and oxygen atoms in total. The number of benzene rings is 1. The summed E-state index contributed by atoms with van der Waals surface area (Å²) in [4.78, 5) is 11.1. The lowest BCUT2D eigenvalue weighted by molar-refractivity contribution is -0.125. The van der Waals surface area contributed by atoms with Gasteiger partial charge in [-0.25, -0.2) is 0 Å². The Balaban J connectivity index is 2.40. The predicted octanol–water partition coefficient (Wildman–Crippen LogP) is 0.821. The number of aliphatic hydroxyl groups excluding tert-OH is 1. The maximum Gasteiger partial charge on any atom is 0.224 e. The Kier molecular flexibility index (Phi) is 4.66. The number of hydrogen-bond acceptors (Lipinski definition) is 3. The van der Waals surface area contributed by atoms with Crippen molar-refractivity contribution in [1.82, 2.24) is 5.32 Å². The average molecular weight is 236 g/mol. The number of hydrogen-bond donors (Lipinski definition) is 3. The average Bonchev–Trinajstić information content (AvgIpc) is 2.29. The van der Waals surface area contributed by atoms with E-state index >= 15 is 0 Å². The zero-order chi connectivity index (χ0) is 12.9. The van der Waals surface area contributed by atoms with Gasteiger partial charge in [-0.2, -0.15) is 0 Å². The molecule has 1 unspecified atom stereocenters. The monoisotopic (exact) mass is 236 g/mol. The molecule has 0 radical (unpaired) electrons. The first kappa shape index (κ1) is 13.7. The number of aliphatic hydroxyl groups is 1.